The summed E-state index contributed by atoms with van der Waals surface area (Å²) < 4.78 is 31.6. The normalized spacial score (nSPS) is 14.2. The summed E-state index contributed by atoms with van der Waals surface area (Å²) in [6.45, 7) is 2.16. The molecule has 0 fully saturated rings. The molecule has 0 aliphatic carbocycles. The number of carboxylic acid groups (broad SMARTS) is 1. The second-order valence-electron chi connectivity index (χ2n) is 10.9. The maximum atomic E-state index is 12.3. The summed E-state index contributed by atoms with van der Waals surface area (Å²) in [5.41, 5.74) is 5.24. The molecule has 0 aromatic heterocycles. The van der Waals surface area contributed by atoms with Crippen LogP contribution in [-0.2, 0) is 37.5 Å². The van der Waals surface area contributed by atoms with Crippen LogP contribution in [0.25, 0.3) is 0 Å². The third-order valence-electron chi connectivity index (χ3n) is 6.91. The standard InChI is InChI=1S/C30H58NO10P/c1-3-5-6-7-8-9-10-11-12-13-14-15-16-17-18-19-20-21-22-29(33)41-26(23-38-28(32)4-2)24-39-42(36,37)40-25-27(31)30(34)35/h26-27H,3-25,31H2,1-2H3,(H,34,35)(H,36,37). The number of unbranched alkanes of at least 4 members (excludes halogenated alkanes) is 17. The van der Waals surface area contributed by atoms with Gasteiger partial charge in [0.2, 0.25) is 0 Å². The Morgan fingerprint density at radius 1 is 0.667 bits per heavy atom. The highest BCUT2D eigenvalue weighted by molar-refractivity contribution is 7.47. The van der Waals surface area contributed by atoms with Crippen LogP contribution < -0.4 is 5.73 Å². The third-order valence-corrected chi connectivity index (χ3v) is 7.86. The van der Waals surface area contributed by atoms with Crippen molar-refractivity contribution in [1.82, 2.24) is 0 Å². The lowest BCUT2D eigenvalue weighted by molar-refractivity contribution is -0.161. The molecule has 42 heavy (non-hydrogen) atoms. The van der Waals surface area contributed by atoms with Crippen molar-refractivity contribution in [3.8, 4) is 0 Å². The Labute approximate surface area is 253 Å². The molecule has 248 valence electrons. The molecule has 0 aliphatic heterocycles. The van der Waals surface area contributed by atoms with Crippen LogP contribution in [0.1, 0.15) is 142 Å². The number of hydrogen-bond acceptors (Lipinski definition) is 9. The van der Waals surface area contributed by atoms with Gasteiger partial charge in [-0.2, -0.15) is 0 Å². The molecule has 0 aliphatic rings. The number of carbonyl (C=O) groups is 3. The van der Waals surface area contributed by atoms with Gasteiger partial charge in [0.05, 0.1) is 13.2 Å². The summed E-state index contributed by atoms with van der Waals surface area (Å²) >= 11 is 0. The first-order valence-corrected chi connectivity index (χ1v) is 17.6. The third kappa shape index (κ3) is 26.1. The summed E-state index contributed by atoms with van der Waals surface area (Å²) in [6, 6.07) is -1.51. The van der Waals surface area contributed by atoms with Crippen molar-refractivity contribution < 1.29 is 47.5 Å². The number of ether oxygens (including phenoxy) is 2. The van der Waals surface area contributed by atoms with E-state index in [1.807, 2.05) is 0 Å². The zero-order valence-electron chi connectivity index (χ0n) is 26.1. The van der Waals surface area contributed by atoms with Crippen LogP contribution in [-0.4, -0.2) is 59.9 Å². The molecule has 3 unspecified atom stereocenters. The van der Waals surface area contributed by atoms with Crippen LogP contribution >= 0.6 is 7.82 Å². The molecule has 0 amide bonds. The summed E-state index contributed by atoms with van der Waals surface area (Å²) in [6.07, 6.45) is 21.6. The van der Waals surface area contributed by atoms with Crippen molar-refractivity contribution in [2.75, 3.05) is 19.8 Å². The van der Waals surface area contributed by atoms with Gasteiger partial charge in [0.25, 0.3) is 0 Å². The minimum absolute atomic E-state index is 0.107. The summed E-state index contributed by atoms with van der Waals surface area (Å²) in [4.78, 5) is 44.3. The average molecular weight is 624 g/mol. The van der Waals surface area contributed by atoms with E-state index in [1.165, 1.54) is 89.9 Å². The van der Waals surface area contributed by atoms with Gasteiger partial charge in [-0.1, -0.05) is 123 Å². The maximum absolute atomic E-state index is 12.3. The monoisotopic (exact) mass is 623 g/mol. The number of carbonyl (C=O) groups excluding carboxylic acids is 2. The number of phosphoric acid groups is 1. The van der Waals surface area contributed by atoms with E-state index >= 15 is 0 Å². The van der Waals surface area contributed by atoms with Crippen molar-refractivity contribution in [2.45, 2.75) is 154 Å². The van der Waals surface area contributed by atoms with Crippen molar-refractivity contribution in [1.29, 1.82) is 0 Å². The molecular weight excluding hydrogens is 565 g/mol. The summed E-state index contributed by atoms with van der Waals surface area (Å²) in [5, 5.41) is 8.74. The first kappa shape index (κ1) is 40.5. The second kappa shape index (κ2) is 27.1. The van der Waals surface area contributed by atoms with Crippen LogP contribution in [0.4, 0.5) is 0 Å². The van der Waals surface area contributed by atoms with Crippen molar-refractivity contribution in [3.63, 3.8) is 0 Å². The largest absolute Gasteiger partial charge is 0.480 e. The number of phosphoric ester groups is 1. The van der Waals surface area contributed by atoms with Crippen LogP contribution in [0.3, 0.4) is 0 Å². The van der Waals surface area contributed by atoms with E-state index in [0.717, 1.165) is 19.3 Å². The molecule has 12 heteroatoms. The van der Waals surface area contributed by atoms with E-state index in [2.05, 4.69) is 11.4 Å². The Bertz CT molecular complexity index is 752. The fourth-order valence-electron chi connectivity index (χ4n) is 4.28. The lowest BCUT2D eigenvalue weighted by atomic mass is 10.0. The lowest BCUT2D eigenvalue weighted by Crippen LogP contribution is -2.34. The Morgan fingerprint density at radius 3 is 1.52 bits per heavy atom. The van der Waals surface area contributed by atoms with Crippen molar-refractivity contribution >= 4 is 25.7 Å². The second-order valence-corrected chi connectivity index (χ2v) is 12.4. The van der Waals surface area contributed by atoms with Gasteiger partial charge in [0.1, 0.15) is 12.6 Å². The minimum atomic E-state index is -4.67. The smallest absolute Gasteiger partial charge is 0.472 e. The number of esters is 2. The Kier molecular flexibility index (Phi) is 26.1. The number of aliphatic carboxylic acids is 1. The molecule has 4 N–H and O–H groups in total. The van der Waals surface area contributed by atoms with E-state index in [9.17, 15) is 23.8 Å². The molecular formula is C30H58NO10P. The molecule has 11 nitrogen and oxygen atoms in total. The topological polar surface area (TPSA) is 172 Å². The minimum Gasteiger partial charge on any atom is -0.480 e. The van der Waals surface area contributed by atoms with E-state index in [-0.39, 0.29) is 19.4 Å². The van der Waals surface area contributed by atoms with Crippen LogP contribution in [0.2, 0.25) is 0 Å². The highest BCUT2D eigenvalue weighted by atomic mass is 31.2. The highest BCUT2D eigenvalue weighted by Crippen LogP contribution is 2.43. The summed E-state index contributed by atoms with van der Waals surface area (Å²) in [7, 11) is -4.67. The Hall–Kier alpha value is -1.52. The van der Waals surface area contributed by atoms with Gasteiger partial charge in [-0.25, -0.2) is 4.57 Å². The Balaban J connectivity index is 3.98. The first-order valence-electron chi connectivity index (χ1n) is 16.1. The van der Waals surface area contributed by atoms with Crippen molar-refractivity contribution in [2.24, 2.45) is 5.73 Å². The van der Waals surface area contributed by atoms with Gasteiger partial charge in [0.15, 0.2) is 6.10 Å². The molecule has 0 bridgehead atoms. The quantitative estimate of drug-likeness (QED) is 0.0435. The fourth-order valence-corrected chi connectivity index (χ4v) is 5.06. The average Bonchev–Trinajstić information content (AvgIpc) is 2.96. The maximum Gasteiger partial charge on any atom is 0.472 e. The van der Waals surface area contributed by atoms with Crippen LogP contribution in [0.5, 0.6) is 0 Å². The number of hydrogen-bond donors (Lipinski definition) is 3. The predicted octanol–water partition coefficient (Wildman–Crippen LogP) is 6.83. The van der Waals surface area contributed by atoms with Crippen molar-refractivity contribution in [3.05, 3.63) is 0 Å². The fraction of sp³-hybridized carbons (Fsp3) is 0.900. The molecule has 0 spiro atoms. The predicted molar refractivity (Wildman–Crippen MR) is 162 cm³/mol. The molecule has 0 saturated heterocycles. The lowest BCUT2D eigenvalue weighted by Gasteiger charge is -2.20. The molecule has 0 aromatic carbocycles. The van der Waals surface area contributed by atoms with Gasteiger partial charge in [-0.05, 0) is 6.42 Å². The molecule has 0 aromatic rings. The Morgan fingerprint density at radius 2 is 1.10 bits per heavy atom. The van der Waals surface area contributed by atoms with Gasteiger partial charge >= 0.3 is 25.7 Å². The van der Waals surface area contributed by atoms with Gasteiger partial charge in [0, 0.05) is 12.8 Å². The highest BCUT2D eigenvalue weighted by Gasteiger charge is 2.28. The SMILES string of the molecule is CCCCCCCCCCCCCCCCCCCCC(=O)OC(COC(=O)CC)COP(=O)(O)OCC(N)C(=O)O. The number of carboxylic acids is 1. The van der Waals surface area contributed by atoms with E-state index in [4.69, 9.17) is 24.8 Å². The van der Waals surface area contributed by atoms with Crippen LogP contribution in [0.15, 0.2) is 0 Å². The molecule has 3 atom stereocenters. The molecule has 0 saturated carbocycles. The van der Waals surface area contributed by atoms with E-state index < -0.39 is 51.1 Å². The summed E-state index contributed by atoms with van der Waals surface area (Å²) in [5.74, 6) is -2.47. The number of rotatable bonds is 30. The first-order chi connectivity index (χ1) is 20.1. The van der Waals surface area contributed by atoms with Gasteiger partial charge < -0.3 is 25.2 Å². The molecule has 0 rings (SSSR count). The van der Waals surface area contributed by atoms with Gasteiger partial charge in [-0.3, -0.25) is 23.4 Å². The molecule has 0 radical (unpaired) electrons. The zero-order chi connectivity index (χ0) is 31.5. The van der Waals surface area contributed by atoms with Gasteiger partial charge in [-0.15, -0.1) is 0 Å². The van der Waals surface area contributed by atoms with E-state index in [0.29, 0.717) is 6.42 Å². The zero-order valence-corrected chi connectivity index (χ0v) is 27.0. The molecule has 0 heterocycles. The van der Waals surface area contributed by atoms with E-state index in [1.54, 1.807) is 6.92 Å². The number of nitrogens with two attached hydrogens (primary N) is 1. The van der Waals surface area contributed by atoms with Crippen LogP contribution in [0, 0.1) is 0 Å².